The first-order valence-electron chi connectivity index (χ1n) is 7.11. The molecule has 2 aromatic rings. The number of hydrogen-bond donors (Lipinski definition) is 1. The predicted molar refractivity (Wildman–Crippen MR) is 86.8 cm³/mol. The highest BCUT2D eigenvalue weighted by molar-refractivity contribution is 7.10. The number of benzene rings is 1. The molecule has 0 saturated carbocycles. The van der Waals surface area contributed by atoms with Crippen molar-refractivity contribution >= 4 is 22.9 Å². The van der Waals surface area contributed by atoms with Gasteiger partial charge < -0.3 is 5.32 Å². The van der Waals surface area contributed by atoms with Gasteiger partial charge >= 0.3 is 0 Å². The standard InChI is InChI=1S/C16H18ClFN2S/c1-11-4-5-12(18)14(15(11)17)16(13-3-2-10-21-13)20-8-6-19-7-9-20/h2-5,10,16,19H,6-9H2,1H3/t16-/m1/s1. The fourth-order valence-electron chi connectivity index (χ4n) is 2.82. The predicted octanol–water partition coefficient (Wildman–Crippen LogP) is 3.84. The molecule has 1 saturated heterocycles. The Morgan fingerprint density at radius 2 is 2.05 bits per heavy atom. The maximum atomic E-state index is 14.5. The molecule has 1 atom stereocenters. The van der Waals surface area contributed by atoms with Crippen LogP contribution < -0.4 is 5.32 Å². The van der Waals surface area contributed by atoms with Crippen LogP contribution in [0.25, 0.3) is 0 Å². The topological polar surface area (TPSA) is 15.3 Å². The quantitative estimate of drug-likeness (QED) is 0.922. The summed E-state index contributed by atoms with van der Waals surface area (Å²) in [5, 5.41) is 5.92. The molecule has 21 heavy (non-hydrogen) atoms. The van der Waals surface area contributed by atoms with Crippen molar-refractivity contribution in [3.05, 3.63) is 56.5 Å². The summed E-state index contributed by atoms with van der Waals surface area (Å²) in [6, 6.07) is 7.25. The van der Waals surface area contributed by atoms with Crippen LogP contribution >= 0.6 is 22.9 Å². The lowest BCUT2D eigenvalue weighted by Crippen LogP contribution is -2.45. The van der Waals surface area contributed by atoms with E-state index in [2.05, 4.69) is 16.3 Å². The Labute approximate surface area is 133 Å². The van der Waals surface area contributed by atoms with E-state index < -0.39 is 0 Å². The van der Waals surface area contributed by atoms with E-state index in [0.29, 0.717) is 10.6 Å². The van der Waals surface area contributed by atoms with Gasteiger partial charge in [-0.05, 0) is 30.0 Å². The molecule has 0 spiro atoms. The fourth-order valence-corrected chi connectivity index (χ4v) is 3.94. The molecule has 1 aromatic heterocycles. The third-order valence-electron chi connectivity index (χ3n) is 3.92. The SMILES string of the molecule is Cc1ccc(F)c([C@@H](c2cccs2)N2CCNCC2)c1Cl. The number of hydrogen-bond acceptors (Lipinski definition) is 3. The second-order valence-electron chi connectivity index (χ2n) is 5.30. The third kappa shape index (κ3) is 2.99. The summed E-state index contributed by atoms with van der Waals surface area (Å²) in [5.74, 6) is -0.220. The van der Waals surface area contributed by atoms with Crippen LogP contribution in [0.2, 0.25) is 5.02 Å². The molecule has 0 radical (unpaired) electrons. The first-order chi connectivity index (χ1) is 10.2. The van der Waals surface area contributed by atoms with Gasteiger partial charge in [0, 0.05) is 36.6 Å². The second-order valence-corrected chi connectivity index (χ2v) is 6.65. The van der Waals surface area contributed by atoms with Crippen molar-refractivity contribution in [2.45, 2.75) is 13.0 Å². The molecule has 1 aliphatic rings. The van der Waals surface area contributed by atoms with Gasteiger partial charge in [0.15, 0.2) is 0 Å². The third-order valence-corrected chi connectivity index (χ3v) is 5.35. The molecular formula is C16H18ClFN2S. The largest absolute Gasteiger partial charge is 0.314 e. The highest BCUT2D eigenvalue weighted by Crippen LogP contribution is 2.38. The highest BCUT2D eigenvalue weighted by atomic mass is 35.5. The Morgan fingerprint density at radius 1 is 1.29 bits per heavy atom. The van der Waals surface area contributed by atoms with Crippen molar-refractivity contribution in [3.63, 3.8) is 0 Å². The van der Waals surface area contributed by atoms with Crippen molar-refractivity contribution in [2.24, 2.45) is 0 Å². The number of thiophene rings is 1. The molecule has 1 fully saturated rings. The minimum Gasteiger partial charge on any atom is -0.314 e. The lowest BCUT2D eigenvalue weighted by atomic mass is 9.99. The van der Waals surface area contributed by atoms with Crippen LogP contribution in [0.5, 0.6) is 0 Å². The monoisotopic (exact) mass is 324 g/mol. The Bertz CT molecular complexity index is 609. The molecule has 2 nitrogen and oxygen atoms in total. The molecule has 3 rings (SSSR count). The molecule has 0 unspecified atom stereocenters. The van der Waals surface area contributed by atoms with Gasteiger partial charge in [0.25, 0.3) is 0 Å². The summed E-state index contributed by atoms with van der Waals surface area (Å²) in [5.41, 5.74) is 1.53. The molecule has 1 aliphatic heterocycles. The molecule has 2 heterocycles. The minimum atomic E-state index is -0.220. The summed E-state index contributed by atoms with van der Waals surface area (Å²) < 4.78 is 14.5. The number of nitrogens with zero attached hydrogens (tertiary/aromatic N) is 1. The van der Waals surface area contributed by atoms with Gasteiger partial charge in [-0.3, -0.25) is 4.90 Å². The van der Waals surface area contributed by atoms with E-state index in [9.17, 15) is 4.39 Å². The molecule has 1 N–H and O–H groups in total. The highest BCUT2D eigenvalue weighted by Gasteiger charge is 2.29. The average molecular weight is 325 g/mol. The van der Waals surface area contributed by atoms with Crippen LogP contribution in [0.3, 0.4) is 0 Å². The summed E-state index contributed by atoms with van der Waals surface area (Å²) in [7, 11) is 0. The van der Waals surface area contributed by atoms with E-state index in [0.717, 1.165) is 36.6 Å². The molecule has 0 aliphatic carbocycles. The van der Waals surface area contributed by atoms with Crippen molar-refractivity contribution < 1.29 is 4.39 Å². The van der Waals surface area contributed by atoms with Gasteiger partial charge in [-0.15, -0.1) is 11.3 Å². The number of rotatable bonds is 3. The van der Waals surface area contributed by atoms with E-state index in [-0.39, 0.29) is 11.9 Å². The van der Waals surface area contributed by atoms with Crippen LogP contribution in [-0.4, -0.2) is 31.1 Å². The van der Waals surface area contributed by atoms with Crippen LogP contribution in [0.1, 0.15) is 22.0 Å². The second kappa shape index (κ2) is 6.44. The first-order valence-corrected chi connectivity index (χ1v) is 8.37. The van der Waals surface area contributed by atoms with E-state index in [1.54, 1.807) is 17.4 Å². The number of aryl methyl sites for hydroxylation is 1. The first kappa shape index (κ1) is 15.0. The Hall–Kier alpha value is -0.940. The summed E-state index contributed by atoms with van der Waals surface area (Å²) in [6.45, 7) is 5.56. The zero-order valence-corrected chi connectivity index (χ0v) is 13.5. The Kier molecular flexibility index (Phi) is 4.60. The lowest BCUT2D eigenvalue weighted by Gasteiger charge is -2.35. The zero-order chi connectivity index (χ0) is 14.8. The van der Waals surface area contributed by atoms with E-state index in [1.807, 2.05) is 18.4 Å². The Morgan fingerprint density at radius 3 is 2.71 bits per heavy atom. The van der Waals surface area contributed by atoms with Gasteiger partial charge in [0.2, 0.25) is 0 Å². The van der Waals surface area contributed by atoms with Crippen LogP contribution in [0.4, 0.5) is 4.39 Å². The molecular weight excluding hydrogens is 307 g/mol. The molecule has 5 heteroatoms. The van der Waals surface area contributed by atoms with Gasteiger partial charge in [0.1, 0.15) is 5.82 Å². The van der Waals surface area contributed by atoms with Gasteiger partial charge in [-0.2, -0.15) is 0 Å². The maximum Gasteiger partial charge on any atom is 0.129 e. The van der Waals surface area contributed by atoms with Gasteiger partial charge in [-0.25, -0.2) is 4.39 Å². The Balaban J connectivity index is 2.09. The summed E-state index contributed by atoms with van der Waals surface area (Å²) >= 11 is 8.11. The average Bonchev–Trinajstić information content (AvgIpc) is 3.02. The van der Waals surface area contributed by atoms with E-state index in [4.69, 9.17) is 11.6 Å². The molecule has 0 bridgehead atoms. The number of piperazine rings is 1. The van der Waals surface area contributed by atoms with Crippen molar-refractivity contribution in [1.29, 1.82) is 0 Å². The number of halogens is 2. The van der Waals surface area contributed by atoms with Crippen LogP contribution in [-0.2, 0) is 0 Å². The van der Waals surface area contributed by atoms with Crippen molar-refractivity contribution in [2.75, 3.05) is 26.2 Å². The molecule has 112 valence electrons. The van der Waals surface area contributed by atoms with Crippen molar-refractivity contribution in [3.8, 4) is 0 Å². The summed E-state index contributed by atoms with van der Waals surface area (Å²) in [4.78, 5) is 3.45. The fraction of sp³-hybridized carbons (Fsp3) is 0.375. The lowest BCUT2D eigenvalue weighted by molar-refractivity contribution is 0.197. The zero-order valence-electron chi connectivity index (χ0n) is 11.9. The van der Waals surface area contributed by atoms with E-state index >= 15 is 0 Å². The molecule has 0 amide bonds. The smallest absolute Gasteiger partial charge is 0.129 e. The van der Waals surface area contributed by atoms with Crippen LogP contribution in [0, 0.1) is 12.7 Å². The van der Waals surface area contributed by atoms with E-state index in [1.165, 1.54) is 6.07 Å². The normalized spacial score (nSPS) is 17.9. The minimum absolute atomic E-state index is 0.0977. The van der Waals surface area contributed by atoms with Gasteiger partial charge in [0.05, 0.1) is 11.1 Å². The summed E-state index contributed by atoms with van der Waals surface area (Å²) in [6.07, 6.45) is 0. The maximum absolute atomic E-state index is 14.5. The van der Waals surface area contributed by atoms with Crippen molar-refractivity contribution in [1.82, 2.24) is 10.2 Å². The van der Waals surface area contributed by atoms with Crippen LogP contribution in [0.15, 0.2) is 29.6 Å². The number of nitrogens with one attached hydrogen (secondary N) is 1. The molecule has 1 aromatic carbocycles. The van der Waals surface area contributed by atoms with Gasteiger partial charge in [-0.1, -0.05) is 23.7 Å².